The van der Waals surface area contributed by atoms with Crippen molar-refractivity contribution in [1.29, 1.82) is 0 Å². The number of benzene rings is 1. The van der Waals surface area contributed by atoms with Crippen LogP contribution in [-0.2, 0) is 10.0 Å². The minimum absolute atomic E-state index is 0.142. The number of hydrogen-bond acceptors (Lipinski definition) is 6. The van der Waals surface area contributed by atoms with E-state index in [0.717, 1.165) is 23.5 Å². The van der Waals surface area contributed by atoms with Gasteiger partial charge in [0.2, 0.25) is 0 Å². The summed E-state index contributed by atoms with van der Waals surface area (Å²) in [6.07, 6.45) is 0. The van der Waals surface area contributed by atoms with Gasteiger partial charge in [0, 0.05) is 6.07 Å². The van der Waals surface area contributed by atoms with Crippen LogP contribution < -0.4 is 4.72 Å². The molecule has 1 aromatic carbocycles. The maximum atomic E-state index is 12.2. The van der Waals surface area contributed by atoms with Crippen LogP contribution in [0.4, 0.5) is 11.4 Å². The first-order chi connectivity index (χ1) is 9.72. The number of nitrogens with zero attached hydrogens (tertiary/aromatic N) is 1. The Morgan fingerprint density at radius 2 is 2.10 bits per heavy atom. The van der Waals surface area contributed by atoms with Gasteiger partial charge in [-0.3, -0.25) is 14.8 Å². The van der Waals surface area contributed by atoms with Crippen LogP contribution in [0, 0.1) is 10.1 Å². The number of rotatable bonds is 4. The van der Waals surface area contributed by atoms with Crippen LogP contribution in [0.1, 0.15) is 0 Å². The lowest BCUT2D eigenvalue weighted by Gasteiger charge is -2.08. The van der Waals surface area contributed by atoms with Crippen LogP contribution in [0.3, 0.4) is 0 Å². The van der Waals surface area contributed by atoms with Crippen molar-refractivity contribution in [1.82, 2.24) is 0 Å². The molecule has 0 aliphatic rings. The normalized spacial score (nSPS) is 11.3. The average molecular weight is 414 g/mol. The zero-order valence-electron chi connectivity index (χ0n) is 9.91. The largest absolute Gasteiger partial charge is 0.505 e. The van der Waals surface area contributed by atoms with Crippen LogP contribution in [0.25, 0.3) is 0 Å². The first-order valence-electron chi connectivity index (χ1n) is 5.16. The summed E-state index contributed by atoms with van der Waals surface area (Å²) in [5, 5.41) is 20.7. The monoisotopic (exact) mass is 412 g/mol. The summed E-state index contributed by atoms with van der Waals surface area (Å²) in [5.41, 5.74) is -1.05. The van der Waals surface area contributed by atoms with E-state index in [2.05, 4.69) is 15.9 Å². The molecule has 11 heteroatoms. The molecule has 2 N–H and O–H groups in total. The first-order valence-corrected chi connectivity index (χ1v) is 8.63. The molecule has 0 saturated carbocycles. The SMILES string of the molecule is O=[N+]([O-])c1cccc(O)c1NS(=O)(=O)c1cc(Cl)c(Br)s1. The second-order valence-corrected chi connectivity index (χ2v) is 8.41. The number of halogens is 2. The third-order valence-corrected chi connectivity index (χ3v) is 6.64. The van der Waals surface area contributed by atoms with E-state index in [1.165, 1.54) is 12.1 Å². The molecule has 0 aliphatic carbocycles. The van der Waals surface area contributed by atoms with Crippen LogP contribution in [0.5, 0.6) is 5.75 Å². The zero-order chi connectivity index (χ0) is 15.8. The Morgan fingerprint density at radius 3 is 2.62 bits per heavy atom. The average Bonchev–Trinajstić information content (AvgIpc) is 2.72. The van der Waals surface area contributed by atoms with E-state index in [0.29, 0.717) is 3.79 Å². The van der Waals surface area contributed by atoms with Gasteiger partial charge in [0.25, 0.3) is 15.7 Å². The van der Waals surface area contributed by atoms with Crippen LogP contribution in [0.15, 0.2) is 32.3 Å². The lowest BCUT2D eigenvalue weighted by atomic mass is 10.2. The van der Waals surface area contributed by atoms with Crippen molar-refractivity contribution in [3.63, 3.8) is 0 Å². The zero-order valence-corrected chi connectivity index (χ0v) is 13.9. The van der Waals surface area contributed by atoms with Gasteiger partial charge in [-0.25, -0.2) is 8.42 Å². The van der Waals surface area contributed by atoms with E-state index in [-0.39, 0.29) is 9.23 Å². The molecule has 0 amide bonds. The number of nitro benzene ring substituents is 1. The Morgan fingerprint density at radius 1 is 1.43 bits per heavy atom. The van der Waals surface area contributed by atoms with Crippen molar-refractivity contribution in [2.45, 2.75) is 4.21 Å². The summed E-state index contributed by atoms with van der Waals surface area (Å²) in [7, 11) is -4.10. The number of sulfonamides is 1. The molecule has 0 aliphatic heterocycles. The van der Waals surface area contributed by atoms with E-state index in [1.54, 1.807) is 0 Å². The number of nitrogens with one attached hydrogen (secondary N) is 1. The molecule has 0 unspecified atom stereocenters. The third-order valence-electron chi connectivity index (χ3n) is 2.34. The van der Waals surface area contributed by atoms with Crippen molar-refractivity contribution in [3.05, 3.63) is 43.2 Å². The van der Waals surface area contributed by atoms with Gasteiger partial charge in [-0.2, -0.15) is 0 Å². The van der Waals surface area contributed by atoms with E-state index in [9.17, 15) is 23.6 Å². The summed E-state index contributed by atoms with van der Waals surface area (Å²) < 4.78 is 26.6. The summed E-state index contributed by atoms with van der Waals surface area (Å²) in [6, 6.07) is 4.66. The molecule has 1 heterocycles. The Hall–Kier alpha value is -1.36. The predicted molar refractivity (Wildman–Crippen MR) is 82.6 cm³/mol. The van der Waals surface area contributed by atoms with Crippen molar-refractivity contribution in [2.75, 3.05) is 4.72 Å². The van der Waals surface area contributed by atoms with Gasteiger partial charge in [-0.1, -0.05) is 17.7 Å². The first kappa shape index (κ1) is 16.0. The summed E-state index contributed by atoms with van der Waals surface area (Å²) >= 11 is 9.69. The summed E-state index contributed by atoms with van der Waals surface area (Å²) in [5.74, 6) is -0.547. The van der Waals surface area contributed by atoms with Gasteiger partial charge in [0.1, 0.15) is 9.96 Å². The Bertz CT molecular complexity index is 801. The highest BCUT2D eigenvalue weighted by Gasteiger charge is 2.25. The molecule has 1 aromatic heterocycles. The topological polar surface area (TPSA) is 110 Å². The van der Waals surface area contributed by atoms with Crippen molar-refractivity contribution in [2.24, 2.45) is 0 Å². The molecule has 0 radical (unpaired) electrons. The second kappa shape index (κ2) is 5.79. The molecule has 2 aromatic rings. The lowest BCUT2D eigenvalue weighted by molar-refractivity contribution is -0.383. The van der Waals surface area contributed by atoms with Gasteiger partial charge in [0.05, 0.1) is 13.7 Å². The smallest absolute Gasteiger partial charge is 0.297 e. The van der Waals surface area contributed by atoms with E-state index >= 15 is 0 Å². The summed E-state index contributed by atoms with van der Waals surface area (Å²) in [4.78, 5) is 10.1. The number of hydrogen-bond donors (Lipinski definition) is 2. The maximum absolute atomic E-state index is 12.2. The minimum atomic E-state index is -4.10. The van der Waals surface area contributed by atoms with Crippen LogP contribution >= 0.6 is 38.9 Å². The fraction of sp³-hybridized carbons (Fsp3) is 0. The molecular weight excluding hydrogens is 408 g/mol. The van der Waals surface area contributed by atoms with Gasteiger partial charge in [-0.05, 0) is 28.1 Å². The highest BCUT2D eigenvalue weighted by Crippen LogP contribution is 2.38. The number of para-hydroxylation sites is 1. The molecular formula is C10H6BrClN2O5S2. The fourth-order valence-electron chi connectivity index (χ4n) is 1.43. The number of nitro groups is 1. The highest BCUT2D eigenvalue weighted by atomic mass is 79.9. The maximum Gasteiger partial charge on any atom is 0.297 e. The molecule has 7 nitrogen and oxygen atoms in total. The Balaban J connectivity index is 2.49. The fourth-order valence-corrected chi connectivity index (χ4v) is 4.92. The second-order valence-electron chi connectivity index (χ2n) is 3.72. The Labute approximate surface area is 136 Å². The number of phenols is 1. The third kappa shape index (κ3) is 3.28. The number of thiophene rings is 1. The molecule has 2 rings (SSSR count). The van der Waals surface area contributed by atoms with Crippen molar-refractivity contribution < 1.29 is 18.4 Å². The van der Waals surface area contributed by atoms with Crippen LogP contribution in [0.2, 0.25) is 5.02 Å². The van der Waals surface area contributed by atoms with Crippen molar-refractivity contribution >= 4 is 60.3 Å². The van der Waals surface area contributed by atoms with Crippen LogP contribution in [-0.4, -0.2) is 18.4 Å². The van der Waals surface area contributed by atoms with Gasteiger partial charge in [0.15, 0.2) is 5.69 Å². The highest BCUT2D eigenvalue weighted by molar-refractivity contribution is 9.11. The number of anilines is 1. The van der Waals surface area contributed by atoms with E-state index in [4.69, 9.17) is 11.6 Å². The molecule has 0 atom stereocenters. The molecule has 21 heavy (non-hydrogen) atoms. The van der Waals surface area contributed by atoms with E-state index < -0.39 is 32.1 Å². The van der Waals surface area contributed by atoms with Gasteiger partial charge in [-0.15, -0.1) is 11.3 Å². The van der Waals surface area contributed by atoms with Gasteiger partial charge < -0.3 is 5.11 Å². The summed E-state index contributed by atoms with van der Waals surface area (Å²) in [6.45, 7) is 0. The number of phenolic OH excluding ortho intramolecular Hbond substituents is 1. The lowest BCUT2D eigenvalue weighted by Crippen LogP contribution is -2.13. The molecule has 0 saturated heterocycles. The minimum Gasteiger partial charge on any atom is -0.505 e. The quantitative estimate of drug-likeness (QED) is 0.452. The standard InChI is InChI=1S/C10H6BrClN2O5S2/c11-10-5(12)4-8(20-10)21(18,19)13-9-6(14(16)17)2-1-3-7(9)15/h1-4,13,15H. The number of aromatic hydroxyl groups is 1. The molecule has 112 valence electrons. The molecule has 0 bridgehead atoms. The van der Waals surface area contributed by atoms with E-state index in [1.807, 2.05) is 4.72 Å². The van der Waals surface area contributed by atoms with Crippen molar-refractivity contribution in [3.8, 4) is 5.75 Å². The molecule has 0 fully saturated rings. The molecule has 0 spiro atoms. The predicted octanol–water partition coefficient (Wildman–Crippen LogP) is 3.58. The Kier molecular flexibility index (Phi) is 4.42. The van der Waals surface area contributed by atoms with Gasteiger partial charge >= 0.3 is 0 Å².